The first-order valence-electron chi connectivity index (χ1n) is 8.61. The molecule has 0 saturated carbocycles. The Hall–Kier alpha value is -1.95. The zero-order chi connectivity index (χ0) is 17.8. The maximum Gasteiger partial charge on any atom is 0.239 e. The molecule has 3 rings (SSSR count). The van der Waals surface area contributed by atoms with Crippen LogP contribution in [0.4, 0.5) is 4.39 Å². The van der Waals surface area contributed by atoms with Crippen LogP contribution in [0, 0.1) is 5.82 Å². The van der Waals surface area contributed by atoms with Crippen LogP contribution in [0.15, 0.2) is 47.8 Å². The van der Waals surface area contributed by atoms with E-state index in [1.807, 2.05) is 17.8 Å². The van der Waals surface area contributed by atoms with Crippen molar-refractivity contribution in [3.8, 4) is 0 Å². The van der Waals surface area contributed by atoms with Gasteiger partial charge in [-0.25, -0.2) is 4.39 Å². The zero-order valence-electron chi connectivity index (χ0n) is 14.7. The Bertz CT molecular complexity index is 704. The Morgan fingerprint density at radius 1 is 1.40 bits per heavy atom. The van der Waals surface area contributed by atoms with Crippen LogP contribution in [0.2, 0.25) is 0 Å². The number of nitrogens with zero attached hydrogens (tertiary/aromatic N) is 2. The first-order chi connectivity index (χ1) is 12.1. The van der Waals surface area contributed by atoms with E-state index in [1.165, 1.54) is 11.6 Å². The maximum atomic E-state index is 13.6. The molecule has 1 unspecified atom stereocenters. The van der Waals surface area contributed by atoms with Crippen LogP contribution in [-0.4, -0.2) is 46.5 Å². The minimum Gasteiger partial charge on any atom is -0.353 e. The van der Waals surface area contributed by atoms with Crippen LogP contribution < -0.4 is 5.32 Å². The molecule has 0 aliphatic carbocycles. The lowest BCUT2D eigenvalue weighted by atomic mass is 10.1. The second kappa shape index (κ2) is 7.95. The standard InChI is InChI=1S/C19H24FN3OS/c1-3-25-19-10-14(2)9-18(22-8-7-21-17(24)13-22)23(19)12-15-5-4-6-16(20)11-15/h4-6,9-11,19H,3,7-8,12-13H2,1-2H3,(H,21,24). The fourth-order valence-corrected chi connectivity index (χ4v) is 4.21. The van der Waals surface area contributed by atoms with E-state index in [9.17, 15) is 9.18 Å². The van der Waals surface area contributed by atoms with Crippen LogP contribution in [0.1, 0.15) is 19.4 Å². The van der Waals surface area contributed by atoms with E-state index in [0.717, 1.165) is 23.7 Å². The summed E-state index contributed by atoms with van der Waals surface area (Å²) >= 11 is 1.84. The topological polar surface area (TPSA) is 35.6 Å². The fourth-order valence-electron chi connectivity index (χ4n) is 3.20. The van der Waals surface area contributed by atoms with Crippen molar-refractivity contribution in [2.24, 2.45) is 0 Å². The molecule has 2 aliphatic rings. The number of nitrogens with one attached hydrogen (secondary N) is 1. The lowest BCUT2D eigenvalue weighted by Crippen LogP contribution is -2.51. The van der Waals surface area contributed by atoms with Crippen molar-refractivity contribution in [1.82, 2.24) is 15.1 Å². The molecule has 25 heavy (non-hydrogen) atoms. The molecule has 1 fully saturated rings. The van der Waals surface area contributed by atoms with Gasteiger partial charge < -0.3 is 15.1 Å². The van der Waals surface area contributed by atoms with E-state index in [-0.39, 0.29) is 17.1 Å². The summed E-state index contributed by atoms with van der Waals surface area (Å²) in [6.45, 7) is 6.64. The molecule has 2 aliphatic heterocycles. The highest BCUT2D eigenvalue weighted by molar-refractivity contribution is 7.99. The van der Waals surface area contributed by atoms with E-state index >= 15 is 0 Å². The van der Waals surface area contributed by atoms with Crippen molar-refractivity contribution in [3.63, 3.8) is 0 Å². The van der Waals surface area contributed by atoms with Crippen molar-refractivity contribution >= 4 is 17.7 Å². The van der Waals surface area contributed by atoms with Crippen molar-refractivity contribution in [3.05, 3.63) is 59.2 Å². The summed E-state index contributed by atoms with van der Waals surface area (Å²) in [5, 5.41) is 3.05. The number of carbonyl (C=O) groups is 1. The van der Waals surface area contributed by atoms with Crippen molar-refractivity contribution < 1.29 is 9.18 Å². The molecule has 1 aromatic carbocycles. The second-order valence-electron chi connectivity index (χ2n) is 6.29. The summed E-state index contributed by atoms with van der Waals surface area (Å²) < 4.78 is 13.6. The molecular weight excluding hydrogens is 337 g/mol. The smallest absolute Gasteiger partial charge is 0.239 e. The molecule has 1 N–H and O–H groups in total. The number of thioether (sulfide) groups is 1. The second-order valence-corrected chi connectivity index (χ2v) is 7.68. The third-order valence-corrected chi connectivity index (χ3v) is 5.37. The predicted octanol–water partition coefficient (Wildman–Crippen LogP) is 2.94. The summed E-state index contributed by atoms with van der Waals surface area (Å²) in [5.41, 5.74) is 2.13. The number of amides is 1. The van der Waals surface area contributed by atoms with E-state index < -0.39 is 0 Å². The molecule has 1 saturated heterocycles. The van der Waals surface area contributed by atoms with Gasteiger partial charge in [0.2, 0.25) is 5.91 Å². The Labute approximate surface area is 152 Å². The first-order valence-corrected chi connectivity index (χ1v) is 9.66. The third kappa shape index (κ3) is 4.37. The van der Waals surface area contributed by atoms with Crippen LogP contribution in [0.5, 0.6) is 0 Å². The Morgan fingerprint density at radius 3 is 2.96 bits per heavy atom. The molecule has 0 aromatic heterocycles. The van der Waals surface area contributed by atoms with Gasteiger partial charge in [0.25, 0.3) is 0 Å². The van der Waals surface area contributed by atoms with Gasteiger partial charge in [0, 0.05) is 19.6 Å². The minimum absolute atomic E-state index is 0.0461. The molecule has 4 nitrogen and oxygen atoms in total. The molecule has 0 radical (unpaired) electrons. The highest BCUT2D eigenvalue weighted by Gasteiger charge is 2.29. The normalized spacial score (nSPS) is 20.9. The number of hydrogen-bond donors (Lipinski definition) is 1. The van der Waals surface area contributed by atoms with Gasteiger partial charge in [0.1, 0.15) is 11.6 Å². The average molecular weight is 361 g/mol. The lowest BCUT2D eigenvalue weighted by molar-refractivity contribution is -0.123. The van der Waals surface area contributed by atoms with Crippen molar-refractivity contribution in [2.45, 2.75) is 25.8 Å². The van der Waals surface area contributed by atoms with Gasteiger partial charge in [-0.2, -0.15) is 0 Å². The van der Waals surface area contributed by atoms with Gasteiger partial charge in [0.05, 0.1) is 11.9 Å². The molecule has 1 atom stereocenters. The number of rotatable bonds is 5. The number of allylic oxidation sites excluding steroid dienone is 2. The average Bonchev–Trinajstić information content (AvgIpc) is 2.57. The van der Waals surface area contributed by atoms with E-state index in [0.29, 0.717) is 19.6 Å². The largest absolute Gasteiger partial charge is 0.353 e. The SMILES string of the molecule is CCSC1C=C(C)C=C(N2CCNC(=O)C2)N1Cc1cccc(F)c1. The quantitative estimate of drug-likeness (QED) is 0.875. The van der Waals surface area contributed by atoms with Crippen molar-refractivity contribution in [2.75, 3.05) is 25.4 Å². The molecule has 6 heteroatoms. The summed E-state index contributed by atoms with van der Waals surface area (Å²) in [5.74, 6) is 1.86. The Kier molecular flexibility index (Phi) is 5.68. The lowest BCUT2D eigenvalue weighted by Gasteiger charge is -2.42. The molecule has 0 bridgehead atoms. The summed E-state index contributed by atoms with van der Waals surface area (Å²) in [6, 6.07) is 6.74. The molecule has 1 amide bonds. The van der Waals surface area contributed by atoms with E-state index in [4.69, 9.17) is 0 Å². The maximum absolute atomic E-state index is 13.6. The monoisotopic (exact) mass is 361 g/mol. The third-order valence-electron chi connectivity index (χ3n) is 4.31. The van der Waals surface area contributed by atoms with E-state index in [2.05, 4.69) is 41.1 Å². The number of carbonyl (C=O) groups excluding carboxylic acids is 1. The highest BCUT2D eigenvalue weighted by atomic mass is 32.2. The number of halogens is 1. The molecule has 0 spiro atoms. The predicted molar refractivity (Wildman–Crippen MR) is 100 cm³/mol. The number of hydrogen-bond acceptors (Lipinski definition) is 4. The van der Waals surface area contributed by atoms with Gasteiger partial charge in [-0.15, -0.1) is 11.8 Å². The summed E-state index contributed by atoms with van der Waals surface area (Å²) in [7, 11) is 0. The summed E-state index contributed by atoms with van der Waals surface area (Å²) in [4.78, 5) is 16.2. The van der Waals surface area contributed by atoms with Crippen LogP contribution in [0.3, 0.4) is 0 Å². The van der Waals surface area contributed by atoms with Crippen LogP contribution >= 0.6 is 11.8 Å². The Balaban J connectivity index is 1.90. The minimum atomic E-state index is -0.219. The zero-order valence-corrected chi connectivity index (χ0v) is 15.5. The highest BCUT2D eigenvalue weighted by Crippen LogP contribution is 2.31. The number of piperazine rings is 1. The molecular formula is C19H24FN3OS. The van der Waals surface area contributed by atoms with Gasteiger partial charge in [-0.05, 0) is 48.1 Å². The first kappa shape index (κ1) is 17.9. The van der Waals surface area contributed by atoms with Gasteiger partial charge in [-0.3, -0.25) is 4.79 Å². The Morgan fingerprint density at radius 2 is 2.24 bits per heavy atom. The van der Waals surface area contributed by atoms with Crippen LogP contribution in [0.25, 0.3) is 0 Å². The molecule has 134 valence electrons. The van der Waals surface area contributed by atoms with Crippen molar-refractivity contribution in [1.29, 1.82) is 0 Å². The van der Waals surface area contributed by atoms with E-state index in [1.54, 1.807) is 12.1 Å². The van der Waals surface area contributed by atoms with Gasteiger partial charge in [0.15, 0.2) is 0 Å². The molecule has 2 heterocycles. The number of benzene rings is 1. The van der Waals surface area contributed by atoms with Gasteiger partial charge in [-0.1, -0.05) is 19.1 Å². The summed E-state index contributed by atoms with van der Waals surface area (Å²) in [6.07, 6.45) is 4.37. The molecule has 1 aromatic rings. The van der Waals surface area contributed by atoms with Gasteiger partial charge >= 0.3 is 0 Å². The van der Waals surface area contributed by atoms with Crippen LogP contribution in [-0.2, 0) is 11.3 Å². The fraction of sp³-hybridized carbons (Fsp3) is 0.421.